The molecule has 2 atom stereocenters. The van der Waals surface area contributed by atoms with Crippen molar-refractivity contribution in [1.29, 1.82) is 0 Å². The summed E-state index contributed by atoms with van der Waals surface area (Å²) in [6.45, 7) is 2.87. The Morgan fingerprint density at radius 3 is 2.64 bits per heavy atom. The Labute approximate surface area is 143 Å². The summed E-state index contributed by atoms with van der Waals surface area (Å²) in [6, 6.07) is 2.84. The fourth-order valence-electron chi connectivity index (χ4n) is 2.66. The molecule has 134 valence electrons. The second kappa shape index (κ2) is 7.78. The lowest BCUT2D eigenvalue weighted by Gasteiger charge is -2.20. The van der Waals surface area contributed by atoms with Crippen molar-refractivity contribution in [3.8, 4) is 0 Å². The number of carbonyl (C=O) groups excluding carboxylic acids is 2. The van der Waals surface area contributed by atoms with Gasteiger partial charge in [0.2, 0.25) is 11.8 Å². The number of amides is 2. The van der Waals surface area contributed by atoms with Crippen molar-refractivity contribution < 1.29 is 23.9 Å². The number of H-pyrrole nitrogens is 1. The largest absolute Gasteiger partial charge is 0.481 e. The van der Waals surface area contributed by atoms with E-state index in [1.807, 2.05) is 0 Å². The standard InChI is InChI=1S/C17H20FN3O4/c1-9(5-16(23)24)20-17(25)15(21-10(2)22)6-11-8-19-14-7-12(18)3-4-13(11)14/h3-4,7-9,15,19H,5-6H2,1-2H3,(H,20,25)(H,21,22)(H,23,24). The van der Waals surface area contributed by atoms with E-state index in [0.717, 1.165) is 10.9 Å². The fourth-order valence-corrected chi connectivity index (χ4v) is 2.66. The van der Waals surface area contributed by atoms with Gasteiger partial charge in [0.15, 0.2) is 0 Å². The third-order valence-electron chi connectivity index (χ3n) is 3.72. The summed E-state index contributed by atoms with van der Waals surface area (Å²) in [5.41, 5.74) is 1.34. The highest BCUT2D eigenvalue weighted by atomic mass is 19.1. The number of aromatic nitrogens is 1. The number of carboxylic acids is 1. The van der Waals surface area contributed by atoms with Gasteiger partial charge in [0.1, 0.15) is 11.9 Å². The Balaban J connectivity index is 2.17. The molecule has 0 saturated heterocycles. The van der Waals surface area contributed by atoms with Crippen LogP contribution in [0.4, 0.5) is 4.39 Å². The second-order valence-electron chi connectivity index (χ2n) is 5.97. The van der Waals surface area contributed by atoms with Gasteiger partial charge in [0.05, 0.1) is 6.42 Å². The molecule has 1 heterocycles. The summed E-state index contributed by atoms with van der Waals surface area (Å²) < 4.78 is 13.3. The molecular weight excluding hydrogens is 329 g/mol. The number of rotatable bonds is 7. The Morgan fingerprint density at radius 2 is 2.00 bits per heavy atom. The molecular formula is C17H20FN3O4. The fraction of sp³-hybridized carbons (Fsp3) is 0.353. The smallest absolute Gasteiger partial charge is 0.305 e. The van der Waals surface area contributed by atoms with E-state index in [4.69, 9.17) is 5.11 Å². The van der Waals surface area contributed by atoms with E-state index < -0.39 is 24.0 Å². The number of carbonyl (C=O) groups is 3. The summed E-state index contributed by atoms with van der Waals surface area (Å²) in [6.07, 6.45) is 1.63. The predicted molar refractivity (Wildman–Crippen MR) is 89.4 cm³/mol. The number of aromatic amines is 1. The molecule has 25 heavy (non-hydrogen) atoms. The summed E-state index contributed by atoms with van der Waals surface area (Å²) in [4.78, 5) is 37.5. The van der Waals surface area contributed by atoms with Crippen LogP contribution in [0.1, 0.15) is 25.8 Å². The molecule has 0 aliphatic heterocycles. The minimum absolute atomic E-state index is 0.191. The number of aliphatic carboxylic acids is 1. The number of fused-ring (bicyclic) bond motifs is 1. The molecule has 1 aromatic carbocycles. The van der Waals surface area contributed by atoms with Crippen LogP contribution in [0, 0.1) is 5.82 Å². The number of carboxylic acid groups (broad SMARTS) is 1. The second-order valence-corrected chi connectivity index (χ2v) is 5.97. The summed E-state index contributed by atoms with van der Waals surface area (Å²) in [7, 11) is 0. The lowest BCUT2D eigenvalue weighted by Crippen LogP contribution is -2.50. The molecule has 2 unspecified atom stereocenters. The third-order valence-corrected chi connectivity index (χ3v) is 3.72. The summed E-state index contributed by atoms with van der Waals surface area (Å²) in [5, 5.41) is 14.7. The molecule has 2 aromatic rings. The van der Waals surface area contributed by atoms with E-state index in [1.165, 1.54) is 19.1 Å². The van der Waals surface area contributed by atoms with Gasteiger partial charge in [-0.25, -0.2) is 4.39 Å². The maximum Gasteiger partial charge on any atom is 0.305 e. The first-order valence-corrected chi connectivity index (χ1v) is 7.81. The van der Waals surface area contributed by atoms with E-state index in [-0.39, 0.29) is 24.6 Å². The quantitative estimate of drug-likeness (QED) is 0.604. The first kappa shape index (κ1) is 18.4. The van der Waals surface area contributed by atoms with Crippen molar-refractivity contribution in [2.75, 3.05) is 0 Å². The van der Waals surface area contributed by atoms with E-state index in [2.05, 4.69) is 15.6 Å². The van der Waals surface area contributed by atoms with Gasteiger partial charge in [-0.15, -0.1) is 0 Å². The van der Waals surface area contributed by atoms with E-state index in [1.54, 1.807) is 19.2 Å². The van der Waals surface area contributed by atoms with Crippen molar-refractivity contribution in [1.82, 2.24) is 15.6 Å². The molecule has 2 rings (SSSR count). The molecule has 0 aliphatic carbocycles. The molecule has 2 amide bonds. The molecule has 1 aromatic heterocycles. The maximum absolute atomic E-state index is 13.3. The van der Waals surface area contributed by atoms with Crippen LogP contribution in [0.15, 0.2) is 24.4 Å². The SMILES string of the molecule is CC(=O)NC(Cc1c[nH]c2cc(F)ccc12)C(=O)NC(C)CC(=O)O. The summed E-state index contributed by atoms with van der Waals surface area (Å²) in [5.74, 6) is -2.25. The van der Waals surface area contributed by atoms with Gasteiger partial charge >= 0.3 is 5.97 Å². The Hall–Kier alpha value is -2.90. The topological polar surface area (TPSA) is 111 Å². The van der Waals surface area contributed by atoms with Crippen LogP contribution in [-0.4, -0.2) is 40.0 Å². The molecule has 0 spiro atoms. The molecule has 0 radical (unpaired) electrons. The molecule has 8 heteroatoms. The Bertz CT molecular complexity index is 802. The lowest BCUT2D eigenvalue weighted by molar-refractivity contribution is -0.137. The molecule has 4 N–H and O–H groups in total. The zero-order chi connectivity index (χ0) is 18.6. The average molecular weight is 349 g/mol. The van der Waals surface area contributed by atoms with E-state index in [0.29, 0.717) is 5.52 Å². The van der Waals surface area contributed by atoms with Crippen LogP contribution >= 0.6 is 0 Å². The van der Waals surface area contributed by atoms with E-state index >= 15 is 0 Å². The van der Waals surface area contributed by atoms with Crippen LogP contribution in [0.25, 0.3) is 10.9 Å². The highest BCUT2D eigenvalue weighted by molar-refractivity contribution is 5.89. The minimum atomic E-state index is -1.03. The minimum Gasteiger partial charge on any atom is -0.481 e. The Kier molecular flexibility index (Phi) is 5.74. The van der Waals surface area contributed by atoms with Crippen LogP contribution in [0.3, 0.4) is 0 Å². The maximum atomic E-state index is 13.3. The summed E-state index contributed by atoms with van der Waals surface area (Å²) >= 11 is 0. The monoisotopic (exact) mass is 349 g/mol. The van der Waals surface area contributed by atoms with Crippen molar-refractivity contribution in [2.45, 2.75) is 38.8 Å². The van der Waals surface area contributed by atoms with Gasteiger partial charge < -0.3 is 20.7 Å². The molecule has 0 saturated carbocycles. The van der Waals surface area contributed by atoms with Gasteiger partial charge in [-0.2, -0.15) is 0 Å². The molecule has 0 bridgehead atoms. The first-order chi connectivity index (χ1) is 11.8. The van der Waals surface area contributed by atoms with Crippen molar-refractivity contribution in [3.63, 3.8) is 0 Å². The van der Waals surface area contributed by atoms with Crippen LogP contribution in [0.2, 0.25) is 0 Å². The zero-order valence-electron chi connectivity index (χ0n) is 13.9. The predicted octanol–water partition coefficient (Wildman–Crippen LogP) is 1.33. The Morgan fingerprint density at radius 1 is 1.28 bits per heavy atom. The van der Waals surface area contributed by atoms with Crippen LogP contribution in [-0.2, 0) is 20.8 Å². The van der Waals surface area contributed by atoms with Gasteiger partial charge in [-0.3, -0.25) is 14.4 Å². The number of nitrogens with one attached hydrogen (secondary N) is 3. The number of hydrogen-bond acceptors (Lipinski definition) is 3. The highest BCUT2D eigenvalue weighted by Gasteiger charge is 2.23. The van der Waals surface area contributed by atoms with Crippen LogP contribution < -0.4 is 10.6 Å². The van der Waals surface area contributed by atoms with E-state index in [9.17, 15) is 18.8 Å². The van der Waals surface area contributed by atoms with Crippen molar-refractivity contribution >= 4 is 28.7 Å². The van der Waals surface area contributed by atoms with Crippen molar-refractivity contribution in [2.24, 2.45) is 0 Å². The number of halogens is 1. The lowest BCUT2D eigenvalue weighted by atomic mass is 10.0. The van der Waals surface area contributed by atoms with Crippen molar-refractivity contribution in [3.05, 3.63) is 35.8 Å². The van der Waals surface area contributed by atoms with Gasteiger partial charge in [0.25, 0.3) is 0 Å². The normalized spacial score (nSPS) is 13.2. The highest BCUT2D eigenvalue weighted by Crippen LogP contribution is 2.20. The van der Waals surface area contributed by atoms with Gasteiger partial charge in [-0.05, 0) is 30.7 Å². The van der Waals surface area contributed by atoms with Gasteiger partial charge in [0, 0.05) is 36.5 Å². The first-order valence-electron chi connectivity index (χ1n) is 7.81. The molecule has 0 aliphatic rings. The number of hydrogen-bond donors (Lipinski definition) is 4. The average Bonchev–Trinajstić information content (AvgIpc) is 2.87. The van der Waals surface area contributed by atoms with Crippen LogP contribution in [0.5, 0.6) is 0 Å². The molecule has 7 nitrogen and oxygen atoms in total. The van der Waals surface area contributed by atoms with Gasteiger partial charge in [-0.1, -0.05) is 0 Å². The molecule has 0 fully saturated rings. The zero-order valence-corrected chi connectivity index (χ0v) is 13.9. The third kappa shape index (κ3) is 5.03. The number of benzene rings is 1.